The Labute approximate surface area is 184 Å². The lowest BCUT2D eigenvalue weighted by Crippen LogP contribution is -2.47. The first kappa shape index (κ1) is 23.0. The van der Waals surface area contributed by atoms with Crippen LogP contribution in [0.25, 0.3) is 0 Å². The number of ether oxygens (including phenoxy) is 1. The average molecular weight is 436 g/mol. The van der Waals surface area contributed by atoms with E-state index in [4.69, 9.17) is 9.73 Å². The van der Waals surface area contributed by atoms with Crippen LogP contribution in [0.15, 0.2) is 22.5 Å². The minimum Gasteiger partial charge on any atom is -0.376 e. The molecule has 30 heavy (non-hydrogen) atoms. The van der Waals surface area contributed by atoms with Crippen molar-refractivity contribution < 1.29 is 9.53 Å². The normalized spacial score (nSPS) is 22.7. The first-order chi connectivity index (χ1) is 14.6. The number of rotatable bonds is 7. The molecule has 2 atom stereocenters. The third kappa shape index (κ3) is 6.43. The number of carbonyl (C=O) groups excluding carboxylic acids is 1. The van der Waals surface area contributed by atoms with E-state index in [1.807, 2.05) is 11.3 Å². The summed E-state index contributed by atoms with van der Waals surface area (Å²) in [5.41, 5.74) is 0. The fourth-order valence-corrected chi connectivity index (χ4v) is 5.16. The fourth-order valence-electron chi connectivity index (χ4n) is 4.31. The van der Waals surface area contributed by atoms with Gasteiger partial charge in [-0.2, -0.15) is 0 Å². The number of thiophene rings is 1. The van der Waals surface area contributed by atoms with Gasteiger partial charge in [0.1, 0.15) is 0 Å². The number of guanidine groups is 1. The van der Waals surface area contributed by atoms with Crippen molar-refractivity contribution in [3.8, 4) is 0 Å². The van der Waals surface area contributed by atoms with Gasteiger partial charge in [-0.1, -0.05) is 6.07 Å². The summed E-state index contributed by atoms with van der Waals surface area (Å²) in [7, 11) is 1.71. The molecule has 0 aliphatic carbocycles. The Hall–Kier alpha value is -1.64. The zero-order valence-corrected chi connectivity index (χ0v) is 19.4. The van der Waals surface area contributed by atoms with Crippen molar-refractivity contribution in [3.05, 3.63) is 22.4 Å². The van der Waals surface area contributed by atoms with E-state index in [2.05, 4.69) is 51.8 Å². The van der Waals surface area contributed by atoms with E-state index >= 15 is 0 Å². The number of amides is 1. The maximum atomic E-state index is 11.7. The standard InChI is InChI=1S/C22H37N5O2S/c1-4-24-22(26-9-7-18(8-10-26)14-21(28)23-3)25-15-19(20-6-5-13-30-20)27-11-12-29-17(2)16-27/h5-6,13,17-19H,4,7-12,14-16H2,1-3H3,(H,23,28)(H,24,25). The van der Waals surface area contributed by atoms with Crippen LogP contribution in [0, 0.1) is 5.92 Å². The van der Waals surface area contributed by atoms with Gasteiger partial charge in [-0.3, -0.25) is 14.7 Å². The molecule has 2 saturated heterocycles. The second-order valence-corrected chi connectivity index (χ2v) is 9.19. The average Bonchev–Trinajstić information content (AvgIpc) is 3.28. The van der Waals surface area contributed by atoms with Gasteiger partial charge >= 0.3 is 0 Å². The molecule has 168 valence electrons. The van der Waals surface area contributed by atoms with Gasteiger partial charge in [-0.05, 0) is 44.1 Å². The van der Waals surface area contributed by atoms with Crippen LogP contribution >= 0.6 is 11.3 Å². The molecule has 1 aromatic heterocycles. The van der Waals surface area contributed by atoms with Crippen LogP contribution in [0.2, 0.25) is 0 Å². The van der Waals surface area contributed by atoms with Gasteiger partial charge in [-0.25, -0.2) is 0 Å². The van der Waals surface area contributed by atoms with E-state index in [-0.39, 0.29) is 18.1 Å². The van der Waals surface area contributed by atoms with E-state index in [9.17, 15) is 4.79 Å². The Morgan fingerprint density at radius 2 is 2.17 bits per heavy atom. The van der Waals surface area contributed by atoms with E-state index in [1.54, 1.807) is 7.05 Å². The molecule has 0 radical (unpaired) electrons. The van der Waals surface area contributed by atoms with Crippen LogP contribution < -0.4 is 10.6 Å². The molecule has 3 rings (SSSR count). The maximum Gasteiger partial charge on any atom is 0.220 e. The van der Waals surface area contributed by atoms with E-state index in [0.717, 1.165) is 64.7 Å². The Balaban J connectivity index is 1.65. The van der Waals surface area contributed by atoms with Gasteiger partial charge in [-0.15, -0.1) is 11.3 Å². The molecule has 2 aliphatic rings. The number of morpholine rings is 1. The van der Waals surface area contributed by atoms with E-state index in [1.165, 1.54) is 4.88 Å². The second kappa shape index (κ2) is 11.7. The summed E-state index contributed by atoms with van der Waals surface area (Å²) in [6, 6.07) is 4.64. The van der Waals surface area contributed by atoms with Crippen molar-refractivity contribution in [3.63, 3.8) is 0 Å². The highest BCUT2D eigenvalue weighted by molar-refractivity contribution is 7.10. The highest BCUT2D eigenvalue weighted by atomic mass is 32.1. The predicted octanol–water partition coefficient (Wildman–Crippen LogP) is 2.32. The number of hydrogen-bond donors (Lipinski definition) is 2. The largest absolute Gasteiger partial charge is 0.376 e. The molecular weight excluding hydrogens is 398 g/mol. The summed E-state index contributed by atoms with van der Waals surface area (Å²) >= 11 is 1.81. The fraction of sp³-hybridized carbons (Fsp3) is 0.727. The molecule has 2 aliphatic heterocycles. The predicted molar refractivity (Wildman–Crippen MR) is 123 cm³/mol. The third-order valence-electron chi connectivity index (χ3n) is 6.00. The molecule has 2 fully saturated rings. The number of nitrogens with one attached hydrogen (secondary N) is 2. The van der Waals surface area contributed by atoms with Crippen molar-refractivity contribution in [2.24, 2.45) is 10.9 Å². The summed E-state index contributed by atoms with van der Waals surface area (Å²) in [4.78, 5) is 23.0. The van der Waals surface area contributed by atoms with Crippen LogP contribution in [0.3, 0.4) is 0 Å². The summed E-state index contributed by atoms with van der Waals surface area (Å²) in [5.74, 6) is 1.61. The third-order valence-corrected chi connectivity index (χ3v) is 6.97. The van der Waals surface area contributed by atoms with Gasteiger partial charge in [0.25, 0.3) is 0 Å². The Kier molecular flexibility index (Phi) is 8.96. The number of carbonyl (C=O) groups is 1. The number of hydrogen-bond acceptors (Lipinski definition) is 5. The van der Waals surface area contributed by atoms with Gasteiger partial charge in [0, 0.05) is 51.1 Å². The topological polar surface area (TPSA) is 69.2 Å². The molecule has 2 N–H and O–H groups in total. The molecule has 0 saturated carbocycles. The summed E-state index contributed by atoms with van der Waals surface area (Å²) in [5, 5.41) is 8.39. The van der Waals surface area contributed by atoms with E-state index < -0.39 is 0 Å². The zero-order valence-electron chi connectivity index (χ0n) is 18.6. The van der Waals surface area contributed by atoms with Gasteiger partial charge < -0.3 is 20.3 Å². The van der Waals surface area contributed by atoms with Gasteiger partial charge in [0.2, 0.25) is 5.91 Å². The Bertz CT molecular complexity index is 673. The molecule has 0 bridgehead atoms. The maximum absolute atomic E-state index is 11.7. The lowest BCUT2D eigenvalue weighted by atomic mass is 9.93. The lowest BCUT2D eigenvalue weighted by Gasteiger charge is -2.37. The van der Waals surface area contributed by atoms with Crippen LogP contribution in [-0.4, -0.2) is 80.7 Å². The van der Waals surface area contributed by atoms with Crippen LogP contribution in [0.1, 0.15) is 44.0 Å². The quantitative estimate of drug-likeness (QED) is 0.508. The number of nitrogens with zero attached hydrogens (tertiary/aromatic N) is 3. The minimum absolute atomic E-state index is 0.146. The molecule has 3 heterocycles. The van der Waals surface area contributed by atoms with Gasteiger partial charge in [0.05, 0.1) is 25.3 Å². The molecule has 8 heteroatoms. The first-order valence-corrected chi connectivity index (χ1v) is 12.1. The van der Waals surface area contributed by atoms with Crippen molar-refractivity contribution in [2.45, 2.75) is 45.3 Å². The Morgan fingerprint density at radius 1 is 1.37 bits per heavy atom. The van der Waals surface area contributed by atoms with Crippen molar-refractivity contribution in [1.29, 1.82) is 0 Å². The number of aliphatic imine (C=N–C) groups is 1. The lowest BCUT2D eigenvalue weighted by molar-refractivity contribution is -0.121. The summed E-state index contributed by atoms with van der Waals surface area (Å²) in [6.07, 6.45) is 2.96. The minimum atomic E-state index is 0.146. The summed E-state index contributed by atoms with van der Waals surface area (Å²) < 4.78 is 5.76. The molecule has 0 spiro atoms. The number of likely N-dealkylation sites (tertiary alicyclic amines) is 1. The zero-order chi connectivity index (χ0) is 21.3. The second-order valence-electron chi connectivity index (χ2n) is 8.21. The molecule has 1 amide bonds. The molecule has 2 unspecified atom stereocenters. The highest BCUT2D eigenvalue weighted by Crippen LogP contribution is 2.28. The van der Waals surface area contributed by atoms with Crippen LogP contribution in [-0.2, 0) is 9.53 Å². The van der Waals surface area contributed by atoms with Crippen LogP contribution in [0.5, 0.6) is 0 Å². The molecule has 1 aromatic rings. The van der Waals surface area contributed by atoms with Gasteiger partial charge in [0.15, 0.2) is 5.96 Å². The van der Waals surface area contributed by atoms with Crippen molar-refractivity contribution in [1.82, 2.24) is 20.4 Å². The monoisotopic (exact) mass is 435 g/mol. The van der Waals surface area contributed by atoms with Crippen molar-refractivity contribution in [2.75, 3.05) is 52.9 Å². The van der Waals surface area contributed by atoms with Crippen LogP contribution in [0.4, 0.5) is 0 Å². The molecular formula is C22H37N5O2S. The molecule has 0 aromatic carbocycles. The highest BCUT2D eigenvalue weighted by Gasteiger charge is 2.27. The summed E-state index contributed by atoms with van der Waals surface area (Å²) in [6.45, 7) is 10.4. The SMILES string of the molecule is CCNC(=NCC(c1cccs1)N1CCOC(C)C1)N1CCC(CC(=O)NC)CC1. The Morgan fingerprint density at radius 3 is 2.80 bits per heavy atom. The smallest absolute Gasteiger partial charge is 0.220 e. The first-order valence-electron chi connectivity index (χ1n) is 11.2. The van der Waals surface area contributed by atoms with E-state index in [0.29, 0.717) is 12.3 Å². The molecule has 7 nitrogen and oxygen atoms in total. The number of piperidine rings is 1. The van der Waals surface area contributed by atoms with Crippen molar-refractivity contribution >= 4 is 23.2 Å².